The molecule has 1 saturated carbocycles. The van der Waals surface area contributed by atoms with Crippen LogP contribution in [0.4, 0.5) is 4.79 Å². The zero-order valence-corrected chi connectivity index (χ0v) is 14.9. The second-order valence-corrected chi connectivity index (χ2v) is 6.82. The van der Waals surface area contributed by atoms with Gasteiger partial charge >= 0.3 is 12.1 Å². The van der Waals surface area contributed by atoms with Crippen LogP contribution in [0.2, 0.25) is 0 Å². The predicted octanol–water partition coefficient (Wildman–Crippen LogP) is 2.66. The van der Waals surface area contributed by atoms with Crippen molar-refractivity contribution in [2.45, 2.75) is 45.4 Å². The molecule has 1 aromatic heterocycles. The SMILES string of the molecule is Cc1cc(C)n(CC(NC(=O)OCc2ccccc2)(C(=O)O)C2CC2)n1. The van der Waals surface area contributed by atoms with Crippen LogP contribution in [0.5, 0.6) is 0 Å². The van der Waals surface area contributed by atoms with E-state index in [9.17, 15) is 14.7 Å². The van der Waals surface area contributed by atoms with Gasteiger partial charge in [-0.2, -0.15) is 5.10 Å². The maximum Gasteiger partial charge on any atom is 0.408 e. The van der Waals surface area contributed by atoms with Crippen molar-refractivity contribution in [2.75, 3.05) is 0 Å². The van der Waals surface area contributed by atoms with Crippen LogP contribution in [0.25, 0.3) is 0 Å². The van der Waals surface area contributed by atoms with Crippen LogP contribution in [0.15, 0.2) is 36.4 Å². The molecule has 138 valence electrons. The number of amides is 1. The smallest absolute Gasteiger partial charge is 0.408 e. The number of alkyl carbamates (subject to hydrolysis) is 1. The lowest BCUT2D eigenvalue weighted by Crippen LogP contribution is -2.59. The molecule has 0 radical (unpaired) electrons. The average molecular weight is 357 g/mol. The van der Waals surface area contributed by atoms with Crippen molar-refractivity contribution in [3.05, 3.63) is 53.3 Å². The van der Waals surface area contributed by atoms with Crippen LogP contribution >= 0.6 is 0 Å². The van der Waals surface area contributed by atoms with E-state index in [1.165, 1.54) is 0 Å². The van der Waals surface area contributed by atoms with E-state index in [1.807, 2.05) is 50.2 Å². The molecule has 0 bridgehead atoms. The number of benzene rings is 1. The van der Waals surface area contributed by atoms with Crippen molar-refractivity contribution in [3.8, 4) is 0 Å². The lowest BCUT2D eigenvalue weighted by Gasteiger charge is -2.30. The molecule has 3 rings (SSSR count). The van der Waals surface area contributed by atoms with E-state index < -0.39 is 17.6 Å². The standard InChI is InChI=1S/C19H23N3O4/c1-13-10-14(2)22(21-13)12-19(17(23)24,16-8-9-16)20-18(25)26-11-15-6-4-3-5-7-15/h3-7,10,16H,8-9,11-12H2,1-2H3,(H,20,25)(H,23,24). The third-order valence-corrected chi connectivity index (χ3v) is 4.70. The second kappa shape index (κ2) is 7.19. The van der Waals surface area contributed by atoms with Crippen molar-refractivity contribution in [2.24, 2.45) is 5.92 Å². The fourth-order valence-electron chi connectivity index (χ4n) is 3.16. The number of hydrogen-bond donors (Lipinski definition) is 2. The zero-order valence-electron chi connectivity index (χ0n) is 14.9. The van der Waals surface area contributed by atoms with Gasteiger partial charge in [0.25, 0.3) is 0 Å². The summed E-state index contributed by atoms with van der Waals surface area (Å²) in [5, 5.41) is 16.9. The number of carbonyl (C=O) groups excluding carboxylic acids is 1. The highest BCUT2D eigenvalue weighted by molar-refractivity contribution is 5.85. The monoisotopic (exact) mass is 357 g/mol. The van der Waals surface area contributed by atoms with Gasteiger partial charge in [-0.1, -0.05) is 30.3 Å². The topological polar surface area (TPSA) is 93.5 Å². The van der Waals surface area contributed by atoms with Gasteiger partial charge in [0.15, 0.2) is 5.54 Å². The number of carboxylic acids is 1. The van der Waals surface area contributed by atoms with Crippen LogP contribution in [0, 0.1) is 19.8 Å². The lowest BCUT2D eigenvalue weighted by molar-refractivity contribution is -0.146. The number of hydrogen-bond acceptors (Lipinski definition) is 4. The van der Waals surface area contributed by atoms with Crippen molar-refractivity contribution in [1.29, 1.82) is 0 Å². The normalized spacial score (nSPS) is 15.9. The fraction of sp³-hybridized carbons (Fsp3) is 0.421. The number of aryl methyl sites for hydroxylation is 2. The van der Waals surface area contributed by atoms with Crippen LogP contribution < -0.4 is 5.32 Å². The highest BCUT2D eigenvalue weighted by Gasteiger charge is 2.53. The molecule has 1 aromatic carbocycles. The Kier molecular flexibility index (Phi) is 4.97. The van der Waals surface area contributed by atoms with E-state index in [0.717, 1.165) is 29.8 Å². The van der Waals surface area contributed by atoms with Gasteiger partial charge in [-0.05, 0) is 44.2 Å². The number of carboxylic acid groups (broad SMARTS) is 1. The molecule has 0 aliphatic heterocycles. The molecule has 1 aliphatic rings. The van der Waals surface area contributed by atoms with E-state index in [0.29, 0.717) is 0 Å². The first-order chi connectivity index (χ1) is 12.4. The van der Waals surface area contributed by atoms with Gasteiger partial charge in [-0.15, -0.1) is 0 Å². The minimum Gasteiger partial charge on any atom is -0.479 e. The first-order valence-corrected chi connectivity index (χ1v) is 8.64. The van der Waals surface area contributed by atoms with Crippen LogP contribution in [0.1, 0.15) is 29.8 Å². The summed E-state index contributed by atoms with van der Waals surface area (Å²) in [5.41, 5.74) is 1.09. The summed E-state index contributed by atoms with van der Waals surface area (Å²) in [4.78, 5) is 24.4. The molecule has 2 aromatic rings. The molecule has 7 heteroatoms. The maximum atomic E-state index is 12.3. The summed E-state index contributed by atoms with van der Waals surface area (Å²) >= 11 is 0. The van der Waals surface area contributed by atoms with Gasteiger partial charge in [0.1, 0.15) is 6.61 Å². The number of ether oxygens (including phenoxy) is 1. The fourth-order valence-corrected chi connectivity index (χ4v) is 3.16. The van der Waals surface area contributed by atoms with E-state index in [2.05, 4.69) is 10.4 Å². The van der Waals surface area contributed by atoms with Gasteiger partial charge in [-0.25, -0.2) is 9.59 Å². The maximum absolute atomic E-state index is 12.3. The average Bonchev–Trinajstić information content (AvgIpc) is 3.40. The van der Waals surface area contributed by atoms with E-state index in [4.69, 9.17) is 4.74 Å². The quantitative estimate of drug-likeness (QED) is 0.795. The Balaban J connectivity index is 1.74. The number of nitrogens with one attached hydrogen (secondary N) is 1. The summed E-state index contributed by atoms with van der Waals surface area (Å²) in [7, 11) is 0. The van der Waals surface area contributed by atoms with Gasteiger partial charge in [0.2, 0.25) is 0 Å². The first-order valence-electron chi connectivity index (χ1n) is 8.64. The Morgan fingerprint density at radius 1 is 1.31 bits per heavy atom. The summed E-state index contributed by atoms with van der Waals surface area (Å²) in [6, 6.07) is 11.1. The van der Waals surface area contributed by atoms with E-state index in [-0.39, 0.29) is 19.1 Å². The molecule has 1 unspecified atom stereocenters. The molecule has 1 amide bonds. The largest absolute Gasteiger partial charge is 0.479 e. The lowest BCUT2D eigenvalue weighted by atomic mass is 9.93. The predicted molar refractivity (Wildman–Crippen MR) is 94.6 cm³/mol. The molecule has 1 heterocycles. The number of carbonyl (C=O) groups is 2. The van der Waals surface area contributed by atoms with Crippen LogP contribution in [0.3, 0.4) is 0 Å². The first kappa shape index (κ1) is 18.0. The van der Waals surface area contributed by atoms with Crippen LogP contribution in [-0.2, 0) is 22.7 Å². The molecular formula is C19H23N3O4. The Labute approximate surface area is 152 Å². The van der Waals surface area contributed by atoms with Gasteiger partial charge < -0.3 is 15.2 Å². The van der Waals surface area contributed by atoms with Gasteiger partial charge in [-0.3, -0.25) is 4.68 Å². The van der Waals surface area contributed by atoms with Crippen molar-refractivity contribution < 1.29 is 19.4 Å². The highest BCUT2D eigenvalue weighted by atomic mass is 16.5. The van der Waals surface area contributed by atoms with Crippen molar-refractivity contribution in [3.63, 3.8) is 0 Å². The summed E-state index contributed by atoms with van der Waals surface area (Å²) in [6.07, 6.45) is 0.777. The Morgan fingerprint density at radius 2 is 2.00 bits per heavy atom. The number of nitrogens with zero attached hydrogens (tertiary/aromatic N) is 2. The number of aliphatic carboxylic acids is 1. The molecule has 7 nitrogen and oxygen atoms in total. The van der Waals surface area contributed by atoms with Gasteiger partial charge in [0.05, 0.1) is 12.2 Å². The highest BCUT2D eigenvalue weighted by Crippen LogP contribution is 2.41. The Hall–Kier alpha value is -2.83. The molecule has 26 heavy (non-hydrogen) atoms. The molecule has 1 fully saturated rings. The molecule has 1 aliphatic carbocycles. The third-order valence-electron chi connectivity index (χ3n) is 4.70. The summed E-state index contributed by atoms with van der Waals surface area (Å²) in [5.74, 6) is -1.20. The zero-order chi connectivity index (χ0) is 18.7. The summed E-state index contributed by atoms with van der Waals surface area (Å²) < 4.78 is 6.88. The minimum absolute atomic E-state index is 0.0765. The molecule has 0 spiro atoms. The molecule has 1 atom stereocenters. The minimum atomic E-state index is -1.42. The number of aromatic nitrogens is 2. The van der Waals surface area contributed by atoms with E-state index in [1.54, 1.807) is 4.68 Å². The molecule has 2 N–H and O–H groups in total. The van der Waals surface area contributed by atoms with Crippen LogP contribution in [-0.4, -0.2) is 32.5 Å². The molecule has 0 saturated heterocycles. The molecular weight excluding hydrogens is 334 g/mol. The Bertz CT molecular complexity index is 798. The second-order valence-electron chi connectivity index (χ2n) is 6.82. The van der Waals surface area contributed by atoms with Gasteiger partial charge in [0, 0.05) is 5.69 Å². The summed E-state index contributed by atoms with van der Waals surface area (Å²) in [6.45, 7) is 3.89. The van der Waals surface area contributed by atoms with Crippen molar-refractivity contribution >= 4 is 12.1 Å². The number of rotatable bonds is 7. The van der Waals surface area contributed by atoms with Crippen molar-refractivity contribution in [1.82, 2.24) is 15.1 Å². The third kappa shape index (κ3) is 3.87. The Morgan fingerprint density at radius 3 is 2.54 bits per heavy atom. The van der Waals surface area contributed by atoms with E-state index >= 15 is 0 Å².